The normalized spacial score (nSPS) is 16.2. The highest BCUT2D eigenvalue weighted by Crippen LogP contribution is 2.29. The van der Waals surface area contributed by atoms with Crippen molar-refractivity contribution >= 4 is 0 Å². The first kappa shape index (κ1) is 15.9. The summed E-state index contributed by atoms with van der Waals surface area (Å²) < 4.78 is 2.01. The highest BCUT2D eigenvalue weighted by atomic mass is 15.3. The van der Waals surface area contributed by atoms with Gasteiger partial charge in [0.05, 0.1) is 29.3 Å². The van der Waals surface area contributed by atoms with E-state index in [2.05, 4.69) is 22.2 Å². The maximum absolute atomic E-state index is 9.24. The second-order valence-corrected chi connectivity index (χ2v) is 6.24. The van der Waals surface area contributed by atoms with Crippen LogP contribution in [0.1, 0.15) is 24.6 Å². The minimum atomic E-state index is 0.0566. The number of nitrogens with zero attached hydrogens (tertiary/aromatic N) is 6. The summed E-state index contributed by atoms with van der Waals surface area (Å²) in [6.07, 6.45) is 9.82. The van der Waals surface area contributed by atoms with Gasteiger partial charge in [-0.25, -0.2) is 4.98 Å². The Balaban J connectivity index is 1.63. The third kappa shape index (κ3) is 2.89. The Kier molecular flexibility index (Phi) is 4.09. The van der Waals surface area contributed by atoms with Gasteiger partial charge in [-0.2, -0.15) is 10.5 Å². The lowest BCUT2D eigenvalue weighted by Gasteiger charge is -2.19. The van der Waals surface area contributed by atoms with E-state index in [1.807, 2.05) is 35.0 Å². The molecule has 1 aliphatic rings. The molecular weight excluding hydrogens is 324 g/mol. The molecule has 126 valence electrons. The number of pyridine rings is 1. The van der Waals surface area contributed by atoms with E-state index in [0.717, 1.165) is 41.9 Å². The molecule has 0 N–H and O–H groups in total. The fourth-order valence-corrected chi connectivity index (χ4v) is 3.29. The zero-order valence-electron chi connectivity index (χ0n) is 14.1. The Hall–Kier alpha value is -3.64. The van der Waals surface area contributed by atoms with Crippen LogP contribution in [-0.2, 0) is 0 Å². The Bertz CT molecular complexity index is 1010. The van der Waals surface area contributed by atoms with Crippen molar-refractivity contribution < 1.29 is 0 Å². The molecule has 0 bridgehead atoms. The molecule has 3 heterocycles. The average molecular weight is 340 g/mol. The second kappa shape index (κ2) is 6.70. The summed E-state index contributed by atoms with van der Waals surface area (Å²) >= 11 is 0. The first-order valence-corrected chi connectivity index (χ1v) is 8.45. The van der Waals surface area contributed by atoms with Crippen LogP contribution in [0.5, 0.6) is 0 Å². The van der Waals surface area contributed by atoms with Gasteiger partial charge in [0, 0.05) is 30.1 Å². The topological polar surface area (TPSA) is 81.5 Å². The number of hydrogen-bond acceptors (Lipinski definition) is 5. The number of nitriles is 2. The molecule has 26 heavy (non-hydrogen) atoms. The molecular formula is C20H16N6. The Labute approximate surface area is 151 Å². The fraction of sp³-hybridized carbons (Fsp3) is 0.200. The van der Waals surface area contributed by atoms with Crippen LogP contribution in [0.25, 0.3) is 22.5 Å². The first-order valence-electron chi connectivity index (χ1n) is 8.45. The molecule has 2 aromatic heterocycles. The van der Waals surface area contributed by atoms with Crippen molar-refractivity contribution in [2.45, 2.75) is 19.0 Å². The largest absolute Gasteiger partial charge is 0.315 e. The maximum atomic E-state index is 9.24. The molecule has 0 unspecified atom stereocenters. The van der Waals surface area contributed by atoms with Crippen molar-refractivity contribution in [3.8, 4) is 34.8 Å². The standard InChI is InChI=1S/C20H16N6/c21-11-15-3-5-16(6-4-15)18-10-17(7-8-23-18)19-12-26(14-24-19)20-2-1-9-25(20)13-22/h3-8,10,12,14,20H,1-2,9H2/t20-/m1/s1. The average Bonchev–Trinajstić information content (AvgIpc) is 3.37. The quantitative estimate of drug-likeness (QED) is 0.681. The highest BCUT2D eigenvalue weighted by molar-refractivity contribution is 5.68. The van der Waals surface area contributed by atoms with E-state index >= 15 is 0 Å². The molecule has 0 radical (unpaired) electrons. The predicted octanol–water partition coefficient (Wildman–Crippen LogP) is 3.56. The maximum Gasteiger partial charge on any atom is 0.181 e. The van der Waals surface area contributed by atoms with Gasteiger partial charge in [-0.1, -0.05) is 12.1 Å². The fourth-order valence-electron chi connectivity index (χ4n) is 3.29. The van der Waals surface area contributed by atoms with E-state index in [1.165, 1.54) is 0 Å². The van der Waals surface area contributed by atoms with Crippen molar-refractivity contribution in [3.63, 3.8) is 0 Å². The monoisotopic (exact) mass is 340 g/mol. The van der Waals surface area contributed by atoms with E-state index in [0.29, 0.717) is 5.56 Å². The number of hydrogen-bond donors (Lipinski definition) is 0. The van der Waals surface area contributed by atoms with Crippen LogP contribution in [0.15, 0.2) is 55.1 Å². The molecule has 0 amide bonds. The van der Waals surface area contributed by atoms with Gasteiger partial charge in [-0.3, -0.25) is 9.88 Å². The number of likely N-dealkylation sites (tertiary alicyclic amines) is 1. The number of aromatic nitrogens is 3. The van der Waals surface area contributed by atoms with Crippen LogP contribution >= 0.6 is 0 Å². The molecule has 0 saturated carbocycles. The second-order valence-electron chi connectivity index (χ2n) is 6.24. The molecule has 4 rings (SSSR count). The van der Waals surface area contributed by atoms with Gasteiger partial charge < -0.3 is 4.57 Å². The summed E-state index contributed by atoms with van der Waals surface area (Å²) in [5.74, 6) is 0. The van der Waals surface area contributed by atoms with Crippen LogP contribution in [-0.4, -0.2) is 26.0 Å². The first-order chi connectivity index (χ1) is 12.8. The summed E-state index contributed by atoms with van der Waals surface area (Å²) in [6, 6.07) is 13.4. The molecule has 1 aliphatic heterocycles. The van der Waals surface area contributed by atoms with Crippen molar-refractivity contribution in [2.24, 2.45) is 0 Å². The van der Waals surface area contributed by atoms with E-state index < -0.39 is 0 Å². The summed E-state index contributed by atoms with van der Waals surface area (Å²) in [4.78, 5) is 10.7. The van der Waals surface area contributed by atoms with Crippen LogP contribution in [0, 0.1) is 22.8 Å². The Morgan fingerprint density at radius 1 is 1.00 bits per heavy atom. The molecule has 1 atom stereocenters. The van der Waals surface area contributed by atoms with Crippen molar-refractivity contribution in [1.29, 1.82) is 10.5 Å². The zero-order chi connectivity index (χ0) is 17.9. The molecule has 1 saturated heterocycles. The molecule has 6 heteroatoms. The van der Waals surface area contributed by atoms with Crippen LogP contribution < -0.4 is 0 Å². The van der Waals surface area contributed by atoms with Crippen molar-refractivity contribution in [2.75, 3.05) is 6.54 Å². The molecule has 3 aromatic rings. The van der Waals surface area contributed by atoms with Gasteiger partial charge in [0.2, 0.25) is 0 Å². The minimum absolute atomic E-state index is 0.0566. The van der Waals surface area contributed by atoms with Crippen molar-refractivity contribution in [1.82, 2.24) is 19.4 Å². The van der Waals surface area contributed by atoms with Gasteiger partial charge in [0.1, 0.15) is 6.17 Å². The minimum Gasteiger partial charge on any atom is -0.315 e. The molecule has 0 spiro atoms. The predicted molar refractivity (Wildman–Crippen MR) is 96.2 cm³/mol. The molecule has 1 aromatic carbocycles. The lowest BCUT2D eigenvalue weighted by Crippen LogP contribution is -2.21. The van der Waals surface area contributed by atoms with Crippen LogP contribution in [0.4, 0.5) is 0 Å². The van der Waals surface area contributed by atoms with Crippen LogP contribution in [0.2, 0.25) is 0 Å². The number of imidazole rings is 1. The third-order valence-electron chi connectivity index (χ3n) is 4.66. The summed E-state index contributed by atoms with van der Waals surface area (Å²) in [6.45, 7) is 0.798. The molecule has 1 fully saturated rings. The third-order valence-corrected chi connectivity index (χ3v) is 4.66. The number of benzene rings is 1. The Morgan fingerprint density at radius 3 is 2.62 bits per heavy atom. The SMILES string of the molecule is N#Cc1ccc(-c2cc(-c3cn([C@@H]4CCCN4C#N)cn3)ccn2)cc1. The smallest absolute Gasteiger partial charge is 0.181 e. The van der Waals surface area contributed by atoms with E-state index in [9.17, 15) is 5.26 Å². The van der Waals surface area contributed by atoms with Gasteiger partial charge in [-0.15, -0.1) is 0 Å². The summed E-state index contributed by atoms with van der Waals surface area (Å²) in [5.41, 5.74) is 4.24. The molecule has 0 aliphatic carbocycles. The highest BCUT2D eigenvalue weighted by Gasteiger charge is 2.25. The van der Waals surface area contributed by atoms with Crippen LogP contribution in [0.3, 0.4) is 0 Å². The lowest BCUT2D eigenvalue weighted by molar-refractivity contribution is 0.281. The van der Waals surface area contributed by atoms with Crippen molar-refractivity contribution in [3.05, 3.63) is 60.7 Å². The lowest BCUT2D eigenvalue weighted by atomic mass is 10.1. The van der Waals surface area contributed by atoms with E-state index in [1.54, 1.807) is 29.6 Å². The van der Waals surface area contributed by atoms with Gasteiger partial charge in [0.15, 0.2) is 6.19 Å². The summed E-state index contributed by atoms with van der Waals surface area (Å²) in [7, 11) is 0. The summed E-state index contributed by atoms with van der Waals surface area (Å²) in [5, 5.41) is 18.2. The van der Waals surface area contributed by atoms with Gasteiger partial charge in [0.25, 0.3) is 0 Å². The van der Waals surface area contributed by atoms with Gasteiger partial charge in [-0.05, 0) is 37.1 Å². The van der Waals surface area contributed by atoms with E-state index in [-0.39, 0.29) is 6.17 Å². The molecule has 6 nitrogen and oxygen atoms in total. The van der Waals surface area contributed by atoms with Gasteiger partial charge >= 0.3 is 0 Å². The zero-order valence-corrected chi connectivity index (χ0v) is 14.1. The van der Waals surface area contributed by atoms with E-state index in [4.69, 9.17) is 5.26 Å². The number of rotatable bonds is 3. The Morgan fingerprint density at radius 2 is 1.85 bits per heavy atom.